The van der Waals surface area contributed by atoms with Gasteiger partial charge in [-0.1, -0.05) is 0 Å². The summed E-state index contributed by atoms with van der Waals surface area (Å²) in [6.45, 7) is 0. The Morgan fingerprint density at radius 3 is 2.40 bits per heavy atom. The van der Waals surface area contributed by atoms with Gasteiger partial charge in [0.2, 0.25) is 0 Å². The minimum absolute atomic E-state index is 0.261. The number of ether oxygens (including phenoxy) is 2. The third-order valence-electron chi connectivity index (χ3n) is 1.86. The van der Waals surface area contributed by atoms with E-state index in [1.807, 2.05) is 6.07 Å². The van der Waals surface area contributed by atoms with Crippen LogP contribution >= 0.6 is 15.9 Å². The van der Waals surface area contributed by atoms with Crippen LogP contribution in [0.4, 0.5) is 0 Å². The van der Waals surface area contributed by atoms with Gasteiger partial charge in [0.25, 0.3) is 0 Å². The van der Waals surface area contributed by atoms with E-state index in [2.05, 4.69) is 15.9 Å². The lowest BCUT2D eigenvalue weighted by Crippen LogP contribution is -1.98. The maximum Gasteiger partial charge on any atom is 0.180 e. The van der Waals surface area contributed by atoms with Crippen LogP contribution in [0.25, 0.3) is 0 Å². The molecule has 0 radical (unpaired) electrons. The van der Waals surface area contributed by atoms with Crippen molar-refractivity contribution in [3.63, 3.8) is 0 Å². The topological polar surface area (TPSA) is 59.3 Å². The smallest absolute Gasteiger partial charge is 0.180 e. The molecule has 0 heterocycles. The molecule has 0 aliphatic rings. The van der Waals surface area contributed by atoms with Crippen LogP contribution in [0.5, 0.6) is 11.5 Å². The van der Waals surface area contributed by atoms with Gasteiger partial charge in [0, 0.05) is 4.47 Å². The Morgan fingerprint density at radius 1 is 1.40 bits per heavy atom. The van der Waals surface area contributed by atoms with Crippen molar-refractivity contribution < 1.29 is 14.3 Å². The third kappa shape index (κ3) is 1.95. The molecule has 1 rings (SSSR count). The fourth-order valence-corrected chi connectivity index (χ4v) is 1.74. The van der Waals surface area contributed by atoms with Gasteiger partial charge in [0.1, 0.15) is 11.6 Å². The highest BCUT2D eigenvalue weighted by molar-refractivity contribution is 9.10. The number of carbonyl (C=O) groups excluding carboxylic acids is 1. The molecule has 0 amide bonds. The summed E-state index contributed by atoms with van der Waals surface area (Å²) in [5, 5.41) is 8.91. The van der Waals surface area contributed by atoms with Gasteiger partial charge in [-0.05, 0) is 22.0 Å². The first-order valence-corrected chi connectivity index (χ1v) is 4.78. The van der Waals surface area contributed by atoms with Crippen LogP contribution in [0.3, 0.4) is 0 Å². The van der Waals surface area contributed by atoms with Gasteiger partial charge < -0.3 is 9.47 Å². The van der Waals surface area contributed by atoms with E-state index in [4.69, 9.17) is 14.7 Å². The predicted molar refractivity (Wildman–Crippen MR) is 57.3 cm³/mol. The van der Waals surface area contributed by atoms with Crippen LogP contribution in [-0.2, 0) is 0 Å². The third-order valence-corrected chi connectivity index (χ3v) is 2.49. The van der Waals surface area contributed by atoms with Gasteiger partial charge in [-0.3, -0.25) is 4.79 Å². The molecule has 0 aliphatic heterocycles. The summed E-state index contributed by atoms with van der Waals surface area (Å²) in [7, 11) is 2.83. The van der Waals surface area contributed by atoms with Crippen molar-refractivity contribution in [3.8, 4) is 17.6 Å². The van der Waals surface area contributed by atoms with Gasteiger partial charge in [-0.25, -0.2) is 0 Å². The first-order chi connectivity index (χ1) is 7.19. The average Bonchev–Trinajstić information content (AvgIpc) is 2.27. The number of rotatable bonds is 3. The lowest BCUT2D eigenvalue weighted by Gasteiger charge is -2.12. The summed E-state index contributed by atoms with van der Waals surface area (Å²) >= 11 is 3.19. The van der Waals surface area contributed by atoms with Crippen LogP contribution in [0.1, 0.15) is 15.9 Å². The first kappa shape index (κ1) is 11.5. The lowest BCUT2D eigenvalue weighted by molar-refractivity contribution is 0.112. The van der Waals surface area contributed by atoms with E-state index in [1.165, 1.54) is 20.3 Å². The number of carbonyl (C=O) groups is 1. The summed E-state index contributed by atoms with van der Waals surface area (Å²) in [5.41, 5.74) is 0.639. The van der Waals surface area contributed by atoms with Crippen LogP contribution in [0, 0.1) is 11.3 Å². The number of aldehydes is 1. The molecule has 0 saturated heterocycles. The van der Waals surface area contributed by atoms with E-state index in [-0.39, 0.29) is 11.5 Å². The summed E-state index contributed by atoms with van der Waals surface area (Å²) in [6.07, 6.45) is 0.646. The molecule has 78 valence electrons. The highest BCUT2D eigenvalue weighted by Gasteiger charge is 2.18. The maximum atomic E-state index is 10.8. The number of methoxy groups -OCH3 is 2. The Hall–Kier alpha value is -1.54. The van der Waals surface area contributed by atoms with Crippen LogP contribution < -0.4 is 9.47 Å². The summed E-state index contributed by atoms with van der Waals surface area (Å²) in [6, 6.07) is 3.49. The number of benzene rings is 1. The number of nitrogens with zero attached hydrogens (tertiary/aromatic N) is 1. The van der Waals surface area contributed by atoms with E-state index in [0.717, 1.165) is 0 Å². The minimum Gasteiger partial charge on any atom is -0.492 e. The second-order valence-electron chi connectivity index (χ2n) is 2.62. The number of halogens is 1. The number of hydrogen-bond donors (Lipinski definition) is 0. The second-order valence-corrected chi connectivity index (χ2v) is 3.47. The molecule has 0 N–H and O–H groups in total. The molecule has 1 aromatic carbocycles. The normalized spacial score (nSPS) is 9.20. The first-order valence-electron chi connectivity index (χ1n) is 3.99. The number of hydrogen-bond acceptors (Lipinski definition) is 4. The molecule has 0 spiro atoms. The Bertz CT molecular complexity index is 437. The SMILES string of the molecule is COc1c(C=O)cc(Br)c(C#N)c1OC. The molecular weight excluding hydrogens is 262 g/mol. The molecule has 15 heavy (non-hydrogen) atoms. The van der Waals surface area contributed by atoms with Crippen LogP contribution in [0.2, 0.25) is 0 Å². The van der Waals surface area contributed by atoms with Gasteiger partial charge in [0.15, 0.2) is 17.8 Å². The minimum atomic E-state index is 0.261. The Kier molecular flexibility index (Phi) is 3.69. The molecule has 0 saturated carbocycles. The van der Waals surface area contributed by atoms with E-state index in [1.54, 1.807) is 0 Å². The van der Waals surface area contributed by atoms with Gasteiger partial charge in [-0.2, -0.15) is 5.26 Å². The summed E-state index contributed by atoms with van der Waals surface area (Å²) in [5.74, 6) is 0.531. The monoisotopic (exact) mass is 269 g/mol. The van der Waals surface area contributed by atoms with E-state index >= 15 is 0 Å². The highest BCUT2D eigenvalue weighted by atomic mass is 79.9. The molecule has 0 unspecified atom stereocenters. The average molecular weight is 270 g/mol. The fraction of sp³-hybridized carbons (Fsp3) is 0.200. The molecule has 0 aromatic heterocycles. The molecule has 1 aromatic rings. The number of nitriles is 1. The molecule has 0 aliphatic carbocycles. The molecule has 5 heteroatoms. The quantitative estimate of drug-likeness (QED) is 0.789. The second kappa shape index (κ2) is 4.80. The zero-order valence-electron chi connectivity index (χ0n) is 8.20. The zero-order valence-corrected chi connectivity index (χ0v) is 9.79. The van der Waals surface area contributed by atoms with Gasteiger partial charge >= 0.3 is 0 Å². The van der Waals surface area contributed by atoms with Crippen molar-refractivity contribution in [3.05, 3.63) is 21.7 Å². The van der Waals surface area contributed by atoms with Crippen LogP contribution in [-0.4, -0.2) is 20.5 Å². The van der Waals surface area contributed by atoms with Crippen molar-refractivity contribution in [2.45, 2.75) is 0 Å². The molecule has 0 bridgehead atoms. The van der Waals surface area contributed by atoms with Crippen molar-refractivity contribution in [1.29, 1.82) is 5.26 Å². The molecule has 0 atom stereocenters. The zero-order chi connectivity index (χ0) is 11.4. The van der Waals surface area contributed by atoms with Crippen molar-refractivity contribution in [2.75, 3.05) is 14.2 Å². The molecule has 4 nitrogen and oxygen atoms in total. The Morgan fingerprint density at radius 2 is 2.00 bits per heavy atom. The summed E-state index contributed by atoms with van der Waals surface area (Å²) in [4.78, 5) is 10.8. The summed E-state index contributed by atoms with van der Waals surface area (Å²) < 4.78 is 10.6. The van der Waals surface area contributed by atoms with Crippen LogP contribution in [0.15, 0.2) is 10.5 Å². The standard InChI is InChI=1S/C10H8BrNO3/c1-14-9-6(5-13)3-8(11)7(4-12)10(9)15-2/h3,5H,1-2H3. The Balaban J connectivity index is 3.60. The lowest BCUT2D eigenvalue weighted by atomic mass is 10.1. The van der Waals surface area contributed by atoms with Crippen molar-refractivity contribution in [1.82, 2.24) is 0 Å². The van der Waals surface area contributed by atoms with Gasteiger partial charge in [0.05, 0.1) is 19.8 Å². The largest absolute Gasteiger partial charge is 0.492 e. The van der Waals surface area contributed by atoms with E-state index in [0.29, 0.717) is 21.9 Å². The Labute approximate surface area is 95.5 Å². The van der Waals surface area contributed by atoms with Crippen molar-refractivity contribution in [2.24, 2.45) is 0 Å². The fourth-order valence-electron chi connectivity index (χ4n) is 1.22. The van der Waals surface area contributed by atoms with E-state index in [9.17, 15) is 4.79 Å². The molecular formula is C10H8BrNO3. The predicted octanol–water partition coefficient (Wildman–Crippen LogP) is 2.15. The highest BCUT2D eigenvalue weighted by Crippen LogP contribution is 2.38. The maximum absolute atomic E-state index is 10.8. The molecule has 0 fully saturated rings. The van der Waals surface area contributed by atoms with Gasteiger partial charge in [-0.15, -0.1) is 0 Å². The van der Waals surface area contributed by atoms with Crippen molar-refractivity contribution >= 4 is 22.2 Å². The van der Waals surface area contributed by atoms with E-state index < -0.39 is 0 Å².